The predicted octanol–water partition coefficient (Wildman–Crippen LogP) is 6.22. The normalized spacial score (nSPS) is 10.5. The van der Waals surface area contributed by atoms with Crippen LogP contribution >= 0.6 is 0 Å². The van der Waals surface area contributed by atoms with Gasteiger partial charge < -0.3 is 9.47 Å². The zero-order valence-corrected chi connectivity index (χ0v) is 16.4. The van der Waals surface area contributed by atoms with Gasteiger partial charge in [-0.25, -0.2) is 4.98 Å². The second kappa shape index (κ2) is 9.07. The number of ether oxygens (including phenoxy) is 2. The molecule has 0 fully saturated rings. The first-order valence-corrected chi connectivity index (χ1v) is 9.69. The Hall–Kier alpha value is -3.59. The van der Waals surface area contributed by atoms with Crippen molar-refractivity contribution in [3.05, 3.63) is 114 Å². The number of aryl methyl sites for hydroxylation is 1. The monoisotopic (exact) mass is 381 g/mol. The van der Waals surface area contributed by atoms with E-state index in [4.69, 9.17) is 14.5 Å². The molecule has 0 aliphatic carbocycles. The van der Waals surface area contributed by atoms with Crippen molar-refractivity contribution in [2.75, 3.05) is 0 Å². The van der Waals surface area contributed by atoms with Crippen LogP contribution < -0.4 is 9.47 Å². The molecule has 0 radical (unpaired) electrons. The molecule has 144 valence electrons. The molecule has 0 unspecified atom stereocenters. The maximum absolute atomic E-state index is 6.07. The molecule has 0 amide bonds. The number of rotatable bonds is 7. The predicted molar refractivity (Wildman–Crippen MR) is 116 cm³/mol. The summed E-state index contributed by atoms with van der Waals surface area (Å²) in [7, 11) is 0. The minimum atomic E-state index is 0.437. The lowest BCUT2D eigenvalue weighted by Gasteiger charge is -2.14. The van der Waals surface area contributed by atoms with Crippen molar-refractivity contribution in [2.24, 2.45) is 0 Å². The zero-order valence-electron chi connectivity index (χ0n) is 16.4. The third-order valence-corrected chi connectivity index (χ3v) is 4.59. The Bertz CT molecular complexity index is 1060. The van der Waals surface area contributed by atoms with E-state index >= 15 is 0 Å². The van der Waals surface area contributed by atoms with E-state index < -0.39 is 0 Å². The first kappa shape index (κ1) is 18.8. The van der Waals surface area contributed by atoms with E-state index in [0.29, 0.717) is 24.8 Å². The number of benzene rings is 3. The molecule has 0 saturated carbocycles. The van der Waals surface area contributed by atoms with E-state index in [2.05, 4.69) is 25.1 Å². The second-order valence-corrected chi connectivity index (χ2v) is 6.92. The molecule has 4 rings (SSSR count). The largest absolute Gasteiger partial charge is 0.483 e. The molecule has 0 saturated heterocycles. The van der Waals surface area contributed by atoms with Crippen LogP contribution in [0.15, 0.2) is 97.1 Å². The molecular formula is C26H23NO2. The van der Waals surface area contributed by atoms with Gasteiger partial charge in [-0.05, 0) is 36.2 Å². The van der Waals surface area contributed by atoms with Gasteiger partial charge in [0, 0.05) is 5.56 Å². The van der Waals surface area contributed by atoms with Crippen molar-refractivity contribution in [2.45, 2.75) is 20.1 Å². The highest BCUT2D eigenvalue weighted by Gasteiger charge is 2.11. The van der Waals surface area contributed by atoms with Crippen LogP contribution in [-0.4, -0.2) is 4.98 Å². The fourth-order valence-electron chi connectivity index (χ4n) is 3.07. The Labute approximate surface area is 171 Å². The average molecular weight is 381 g/mol. The van der Waals surface area contributed by atoms with Gasteiger partial charge >= 0.3 is 0 Å². The molecular weight excluding hydrogens is 358 g/mol. The minimum absolute atomic E-state index is 0.437. The Balaban J connectivity index is 1.60. The number of aromatic nitrogens is 1. The summed E-state index contributed by atoms with van der Waals surface area (Å²) in [4.78, 5) is 4.76. The Morgan fingerprint density at radius 2 is 1.31 bits per heavy atom. The molecule has 0 N–H and O–H groups in total. The Morgan fingerprint density at radius 1 is 0.655 bits per heavy atom. The van der Waals surface area contributed by atoms with E-state index in [0.717, 1.165) is 22.4 Å². The van der Waals surface area contributed by atoms with Gasteiger partial charge in [0.2, 0.25) is 0 Å². The number of hydrogen-bond acceptors (Lipinski definition) is 3. The van der Waals surface area contributed by atoms with E-state index in [1.807, 2.05) is 78.9 Å². The van der Waals surface area contributed by atoms with Crippen LogP contribution in [0.5, 0.6) is 11.6 Å². The first-order valence-electron chi connectivity index (χ1n) is 9.69. The molecule has 0 bridgehead atoms. The van der Waals surface area contributed by atoms with Crippen LogP contribution in [-0.2, 0) is 13.2 Å². The lowest BCUT2D eigenvalue weighted by Crippen LogP contribution is -2.03. The zero-order chi connectivity index (χ0) is 19.9. The molecule has 3 aromatic carbocycles. The maximum Gasteiger partial charge on any atom is 0.257 e. The third kappa shape index (κ3) is 5.02. The molecule has 3 nitrogen and oxygen atoms in total. The highest BCUT2D eigenvalue weighted by Crippen LogP contribution is 2.30. The molecule has 0 atom stereocenters. The highest BCUT2D eigenvalue weighted by atomic mass is 16.5. The number of hydrogen-bond donors (Lipinski definition) is 0. The summed E-state index contributed by atoms with van der Waals surface area (Å²) in [5.41, 5.74) is 5.31. The van der Waals surface area contributed by atoms with Crippen LogP contribution in [0.25, 0.3) is 11.3 Å². The number of pyridine rings is 1. The fraction of sp³-hybridized carbons (Fsp3) is 0.115. The number of nitrogens with zero attached hydrogens (tertiary/aromatic N) is 1. The van der Waals surface area contributed by atoms with Crippen LogP contribution in [0.3, 0.4) is 0 Å². The lowest BCUT2D eigenvalue weighted by molar-refractivity contribution is 0.247. The molecule has 1 aromatic heterocycles. The second-order valence-electron chi connectivity index (χ2n) is 6.92. The third-order valence-electron chi connectivity index (χ3n) is 4.59. The van der Waals surface area contributed by atoms with Crippen molar-refractivity contribution in [3.8, 4) is 22.9 Å². The molecule has 1 heterocycles. The quantitative estimate of drug-likeness (QED) is 0.381. The van der Waals surface area contributed by atoms with E-state index in [9.17, 15) is 0 Å². The Kier molecular flexibility index (Phi) is 5.87. The first-order chi connectivity index (χ1) is 14.3. The minimum Gasteiger partial charge on any atom is -0.483 e. The Morgan fingerprint density at radius 3 is 1.97 bits per heavy atom. The van der Waals surface area contributed by atoms with Gasteiger partial charge in [-0.2, -0.15) is 0 Å². The summed E-state index contributed by atoms with van der Waals surface area (Å²) in [5, 5.41) is 0. The fourth-order valence-corrected chi connectivity index (χ4v) is 3.07. The summed E-state index contributed by atoms with van der Waals surface area (Å²) in [6.45, 7) is 2.98. The van der Waals surface area contributed by atoms with Gasteiger partial charge in [-0.3, -0.25) is 0 Å². The summed E-state index contributed by atoms with van der Waals surface area (Å²) in [6, 6.07) is 32.4. The topological polar surface area (TPSA) is 31.4 Å². The molecule has 0 aliphatic heterocycles. The van der Waals surface area contributed by atoms with Crippen LogP contribution in [0.4, 0.5) is 0 Å². The van der Waals surface area contributed by atoms with Crippen molar-refractivity contribution in [1.29, 1.82) is 0 Å². The summed E-state index contributed by atoms with van der Waals surface area (Å²) in [5.74, 6) is 1.14. The lowest BCUT2D eigenvalue weighted by atomic mass is 10.1. The summed E-state index contributed by atoms with van der Waals surface area (Å²) >= 11 is 0. The van der Waals surface area contributed by atoms with Crippen LogP contribution in [0, 0.1) is 6.92 Å². The van der Waals surface area contributed by atoms with Gasteiger partial charge in [0.1, 0.15) is 13.2 Å². The van der Waals surface area contributed by atoms with Gasteiger partial charge in [0.15, 0.2) is 5.75 Å². The average Bonchev–Trinajstić information content (AvgIpc) is 2.78. The van der Waals surface area contributed by atoms with E-state index in [1.165, 1.54) is 5.56 Å². The van der Waals surface area contributed by atoms with Crippen molar-refractivity contribution in [1.82, 2.24) is 4.98 Å². The van der Waals surface area contributed by atoms with Gasteiger partial charge in [-0.1, -0.05) is 84.4 Å². The van der Waals surface area contributed by atoms with Crippen molar-refractivity contribution < 1.29 is 9.47 Å². The molecule has 4 aromatic rings. The molecule has 29 heavy (non-hydrogen) atoms. The van der Waals surface area contributed by atoms with E-state index in [1.54, 1.807) is 0 Å². The highest BCUT2D eigenvalue weighted by molar-refractivity contribution is 5.62. The van der Waals surface area contributed by atoms with Gasteiger partial charge in [0.25, 0.3) is 5.88 Å². The summed E-state index contributed by atoms with van der Waals surface area (Å²) in [6.07, 6.45) is 0. The van der Waals surface area contributed by atoms with Crippen molar-refractivity contribution >= 4 is 0 Å². The maximum atomic E-state index is 6.07. The van der Waals surface area contributed by atoms with E-state index in [-0.39, 0.29) is 0 Å². The molecule has 3 heteroatoms. The standard InChI is InChI=1S/C26H23NO2/c1-20-9-8-14-23(17-20)24-15-16-25(28-18-21-10-4-2-5-11-21)26(27-24)29-19-22-12-6-3-7-13-22/h2-17H,18-19H2,1H3. The van der Waals surface area contributed by atoms with Crippen molar-refractivity contribution in [3.63, 3.8) is 0 Å². The summed E-state index contributed by atoms with van der Waals surface area (Å²) < 4.78 is 12.1. The molecule has 0 aliphatic rings. The molecule has 0 spiro atoms. The SMILES string of the molecule is Cc1cccc(-c2ccc(OCc3ccccc3)c(OCc3ccccc3)n2)c1. The smallest absolute Gasteiger partial charge is 0.257 e. The van der Waals surface area contributed by atoms with Gasteiger partial charge in [-0.15, -0.1) is 0 Å². The van der Waals surface area contributed by atoms with Crippen LogP contribution in [0.2, 0.25) is 0 Å². The van der Waals surface area contributed by atoms with Gasteiger partial charge in [0.05, 0.1) is 5.69 Å². The van der Waals surface area contributed by atoms with Crippen LogP contribution in [0.1, 0.15) is 16.7 Å².